The molecule has 0 spiro atoms. The van der Waals surface area contributed by atoms with Gasteiger partial charge in [0.1, 0.15) is 25.9 Å². The second kappa shape index (κ2) is 7.56. The molecule has 2 aliphatic heterocycles. The van der Waals surface area contributed by atoms with E-state index in [2.05, 4.69) is 6.58 Å². The number of hydrogen-bond acceptors (Lipinski definition) is 7. The van der Waals surface area contributed by atoms with Crippen molar-refractivity contribution in [3.05, 3.63) is 12.2 Å². The molecule has 0 N–H and O–H groups in total. The average Bonchev–Trinajstić information content (AvgIpc) is 2.72. The van der Waals surface area contributed by atoms with Crippen molar-refractivity contribution >= 4 is 17.9 Å². The largest absolute Gasteiger partial charge is 0.460 e. The number of rotatable bonds is 7. The lowest BCUT2D eigenvalue weighted by molar-refractivity contribution is -0.168. The molecule has 0 aromatic heterocycles. The Bertz CT molecular complexity index is 570. The minimum Gasteiger partial charge on any atom is -0.460 e. The van der Waals surface area contributed by atoms with Gasteiger partial charge in [0.15, 0.2) is 0 Å². The zero-order valence-corrected chi connectivity index (χ0v) is 14.4. The van der Waals surface area contributed by atoms with Gasteiger partial charge in [-0.3, -0.25) is 4.79 Å². The number of fused-ring (bicyclic) bond motifs is 1. The predicted molar refractivity (Wildman–Crippen MR) is 85.3 cm³/mol. The van der Waals surface area contributed by atoms with Gasteiger partial charge in [0.05, 0.1) is 12.0 Å². The zero-order valence-electron chi connectivity index (χ0n) is 14.4. The topological polar surface area (TPSA) is 88.1 Å². The van der Waals surface area contributed by atoms with Crippen molar-refractivity contribution in [1.29, 1.82) is 0 Å². The van der Waals surface area contributed by atoms with Gasteiger partial charge in [0.25, 0.3) is 0 Å². The fourth-order valence-electron chi connectivity index (χ4n) is 4.13. The summed E-state index contributed by atoms with van der Waals surface area (Å²) in [5.41, 5.74) is 0.294. The lowest BCUT2D eigenvalue weighted by Crippen LogP contribution is -2.45. The predicted octanol–water partition coefficient (Wildman–Crippen LogP) is 1.40. The van der Waals surface area contributed by atoms with E-state index in [-0.39, 0.29) is 49.8 Å². The van der Waals surface area contributed by atoms with Gasteiger partial charge < -0.3 is 18.9 Å². The number of carbonyl (C=O) groups excluding carboxylic acids is 3. The molecule has 2 aliphatic carbocycles. The maximum atomic E-state index is 12.0. The van der Waals surface area contributed by atoms with Crippen LogP contribution in [-0.2, 0) is 33.3 Å². The summed E-state index contributed by atoms with van der Waals surface area (Å²) in [7, 11) is 0. The summed E-state index contributed by atoms with van der Waals surface area (Å²) in [6, 6.07) is 0. The highest BCUT2D eigenvalue weighted by molar-refractivity contribution is 5.86. The van der Waals surface area contributed by atoms with Crippen molar-refractivity contribution in [1.82, 2.24) is 0 Å². The average molecular weight is 352 g/mol. The highest BCUT2D eigenvalue weighted by Gasteiger charge is 2.50. The maximum absolute atomic E-state index is 12.0. The van der Waals surface area contributed by atoms with Crippen LogP contribution in [0, 0.1) is 17.8 Å². The Kier molecular flexibility index (Phi) is 5.42. The third kappa shape index (κ3) is 4.21. The van der Waals surface area contributed by atoms with Crippen molar-refractivity contribution in [3.8, 4) is 0 Å². The minimum atomic E-state index is -0.523. The third-order valence-electron chi connectivity index (χ3n) is 5.16. The van der Waals surface area contributed by atoms with Gasteiger partial charge in [0, 0.05) is 5.57 Å². The molecule has 5 unspecified atom stereocenters. The van der Waals surface area contributed by atoms with E-state index in [1.54, 1.807) is 6.92 Å². The third-order valence-corrected chi connectivity index (χ3v) is 5.16. The molecule has 7 heteroatoms. The second-order valence-electron chi connectivity index (χ2n) is 7.15. The van der Waals surface area contributed by atoms with Crippen LogP contribution in [0.15, 0.2) is 12.2 Å². The molecule has 0 amide bonds. The van der Waals surface area contributed by atoms with E-state index in [4.69, 9.17) is 18.9 Å². The Morgan fingerprint density at radius 2 is 1.92 bits per heavy atom. The molecule has 0 aromatic carbocycles. The Hall–Kier alpha value is -1.89. The molecule has 4 fully saturated rings. The Morgan fingerprint density at radius 3 is 2.68 bits per heavy atom. The van der Waals surface area contributed by atoms with Crippen LogP contribution in [0.5, 0.6) is 0 Å². The first-order chi connectivity index (χ1) is 11.9. The van der Waals surface area contributed by atoms with Gasteiger partial charge in [-0.2, -0.15) is 0 Å². The van der Waals surface area contributed by atoms with Crippen molar-refractivity contribution in [2.75, 3.05) is 19.8 Å². The van der Waals surface area contributed by atoms with Gasteiger partial charge in [-0.1, -0.05) is 6.58 Å². The van der Waals surface area contributed by atoms with E-state index in [1.807, 2.05) is 0 Å². The van der Waals surface area contributed by atoms with Crippen LogP contribution in [0.4, 0.5) is 0 Å². The highest BCUT2D eigenvalue weighted by Crippen LogP contribution is 2.48. The summed E-state index contributed by atoms with van der Waals surface area (Å²) in [6.45, 7) is 4.76. The molecule has 4 aliphatic rings. The van der Waals surface area contributed by atoms with Gasteiger partial charge >= 0.3 is 17.9 Å². The number of esters is 3. The summed E-state index contributed by atoms with van der Waals surface area (Å²) in [5, 5.41) is 0. The van der Waals surface area contributed by atoms with E-state index in [0.717, 1.165) is 25.7 Å². The molecule has 25 heavy (non-hydrogen) atoms. The van der Waals surface area contributed by atoms with Crippen LogP contribution >= 0.6 is 0 Å². The Balaban J connectivity index is 1.41. The number of carbonyl (C=O) groups is 3. The second-order valence-corrected chi connectivity index (χ2v) is 7.15. The Labute approximate surface area is 146 Å². The fourth-order valence-corrected chi connectivity index (χ4v) is 4.13. The van der Waals surface area contributed by atoms with Crippen LogP contribution < -0.4 is 0 Å². The van der Waals surface area contributed by atoms with Crippen molar-refractivity contribution in [3.63, 3.8) is 0 Å². The van der Waals surface area contributed by atoms with Crippen molar-refractivity contribution < 1.29 is 33.3 Å². The highest BCUT2D eigenvalue weighted by atomic mass is 16.6. The summed E-state index contributed by atoms with van der Waals surface area (Å²) in [4.78, 5) is 35.0. The van der Waals surface area contributed by atoms with Gasteiger partial charge in [0.2, 0.25) is 0 Å². The summed E-state index contributed by atoms with van der Waals surface area (Å²) in [5.74, 6) is -0.389. The molecule has 2 saturated heterocycles. The quantitative estimate of drug-likeness (QED) is 0.296. The molecular weight excluding hydrogens is 328 g/mol. The lowest BCUT2D eigenvalue weighted by Gasteiger charge is -2.41. The molecule has 138 valence electrons. The van der Waals surface area contributed by atoms with E-state index in [0.29, 0.717) is 11.5 Å². The number of ether oxygens (including phenoxy) is 4. The van der Waals surface area contributed by atoms with E-state index >= 15 is 0 Å². The lowest BCUT2D eigenvalue weighted by atomic mass is 9.67. The van der Waals surface area contributed by atoms with E-state index < -0.39 is 11.9 Å². The van der Waals surface area contributed by atoms with Crippen LogP contribution in [0.3, 0.4) is 0 Å². The van der Waals surface area contributed by atoms with Crippen molar-refractivity contribution in [2.24, 2.45) is 17.8 Å². The SMILES string of the molecule is C=C(C)C(=O)OCCOC(=O)COC1C2CC3CC(C2)C(=O)OC1C3. The van der Waals surface area contributed by atoms with Crippen molar-refractivity contribution in [2.45, 2.75) is 44.8 Å². The Morgan fingerprint density at radius 1 is 1.16 bits per heavy atom. The molecule has 4 rings (SSSR count). The smallest absolute Gasteiger partial charge is 0.333 e. The van der Waals surface area contributed by atoms with Gasteiger partial charge in [-0.15, -0.1) is 0 Å². The molecule has 7 nitrogen and oxygen atoms in total. The van der Waals surface area contributed by atoms with E-state index in [9.17, 15) is 14.4 Å². The van der Waals surface area contributed by atoms with Crippen LogP contribution in [0.1, 0.15) is 32.6 Å². The molecular formula is C18H24O7. The molecule has 0 radical (unpaired) electrons. The van der Waals surface area contributed by atoms with E-state index in [1.165, 1.54) is 0 Å². The number of hydrogen-bond donors (Lipinski definition) is 0. The van der Waals surface area contributed by atoms with Gasteiger partial charge in [-0.25, -0.2) is 9.59 Å². The summed E-state index contributed by atoms with van der Waals surface area (Å²) >= 11 is 0. The molecule has 2 saturated carbocycles. The zero-order chi connectivity index (χ0) is 18.0. The first-order valence-electron chi connectivity index (χ1n) is 8.74. The van der Waals surface area contributed by atoms with Crippen LogP contribution in [0.2, 0.25) is 0 Å². The standard InChI is InChI=1S/C18H24O7/c1-10(2)17(20)23-4-3-22-15(19)9-24-16-12-5-11-6-13(8-12)18(21)25-14(16)7-11/h11-14,16H,1,3-9H2,2H3. The normalized spacial score (nSPS) is 32.7. The van der Waals surface area contributed by atoms with Gasteiger partial charge in [-0.05, 0) is 44.4 Å². The monoisotopic (exact) mass is 352 g/mol. The molecule has 0 aromatic rings. The minimum absolute atomic E-state index is 0.0164. The molecule has 4 bridgehead atoms. The maximum Gasteiger partial charge on any atom is 0.333 e. The first-order valence-corrected chi connectivity index (χ1v) is 8.74. The molecule has 5 atom stereocenters. The molecule has 2 heterocycles. The summed E-state index contributed by atoms with van der Waals surface area (Å²) in [6.07, 6.45) is 3.05. The summed E-state index contributed by atoms with van der Waals surface area (Å²) < 4.78 is 21.1. The fraction of sp³-hybridized carbons (Fsp3) is 0.722. The van der Waals surface area contributed by atoms with Crippen LogP contribution in [0.25, 0.3) is 0 Å². The first kappa shape index (κ1) is 17.9. The van der Waals surface area contributed by atoms with Crippen LogP contribution in [-0.4, -0.2) is 49.9 Å².